The van der Waals surface area contributed by atoms with Gasteiger partial charge in [0.1, 0.15) is 5.02 Å². The molecule has 2 heterocycles. The van der Waals surface area contributed by atoms with E-state index < -0.39 is 5.97 Å². The van der Waals surface area contributed by atoms with Crippen molar-refractivity contribution in [1.29, 1.82) is 0 Å². The molecule has 28 heavy (non-hydrogen) atoms. The molecule has 0 bridgehead atoms. The summed E-state index contributed by atoms with van der Waals surface area (Å²) in [6, 6.07) is 7.55. The summed E-state index contributed by atoms with van der Waals surface area (Å²) in [4.78, 5) is 20.6. The second kappa shape index (κ2) is 8.50. The van der Waals surface area contributed by atoms with Gasteiger partial charge in [-0.25, -0.2) is 9.99 Å². The van der Waals surface area contributed by atoms with Gasteiger partial charge >= 0.3 is 5.97 Å². The van der Waals surface area contributed by atoms with Gasteiger partial charge in [0.15, 0.2) is 5.76 Å². The van der Waals surface area contributed by atoms with E-state index in [1.54, 1.807) is 23.5 Å². The minimum Gasteiger partial charge on any atom is -0.481 e. The minimum atomic E-state index is -0.805. The highest BCUT2D eigenvalue weighted by Crippen LogP contribution is 2.30. The Morgan fingerprint density at radius 1 is 1.39 bits per heavy atom. The van der Waals surface area contributed by atoms with Crippen LogP contribution in [0, 0.1) is 6.92 Å². The van der Waals surface area contributed by atoms with Crippen molar-refractivity contribution >= 4 is 29.0 Å². The van der Waals surface area contributed by atoms with Gasteiger partial charge in [0.05, 0.1) is 18.0 Å². The van der Waals surface area contributed by atoms with Crippen molar-refractivity contribution in [3.63, 3.8) is 0 Å². The summed E-state index contributed by atoms with van der Waals surface area (Å²) in [5.41, 5.74) is 6.42. The van der Waals surface area contributed by atoms with Crippen LogP contribution in [0.25, 0.3) is 5.76 Å². The van der Waals surface area contributed by atoms with Crippen LogP contribution in [-0.4, -0.2) is 22.2 Å². The molecule has 8 heteroatoms. The van der Waals surface area contributed by atoms with Gasteiger partial charge in [-0.05, 0) is 50.5 Å². The molecule has 1 aromatic heterocycles. The minimum absolute atomic E-state index is 0.0172. The summed E-state index contributed by atoms with van der Waals surface area (Å²) in [5.74, 6) is 0.150. The second-order valence-electron chi connectivity index (χ2n) is 6.75. The third kappa shape index (κ3) is 4.74. The number of nitrogens with zero attached hydrogens (tertiary/aromatic N) is 2. The Morgan fingerprint density at radius 2 is 2.18 bits per heavy atom. The van der Waals surface area contributed by atoms with E-state index in [9.17, 15) is 4.79 Å². The smallest absolute Gasteiger partial charge is 0.303 e. The van der Waals surface area contributed by atoms with E-state index in [1.165, 1.54) is 0 Å². The molecule has 7 nitrogen and oxygen atoms in total. The lowest BCUT2D eigenvalue weighted by molar-refractivity contribution is -0.136. The number of carbonyl (C=O) groups is 1. The zero-order chi connectivity index (χ0) is 20.3. The van der Waals surface area contributed by atoms with Gasteiger partial charge in [0, 0.05) is 18.2 Å². The maximum absolute atomic E-state index is 10.7. The molecule has 0 atom stereocenters. The SMILES string of the molecule is Cc1cc(CCC(=O)O)ccc1N1C=C(c2cnc(OC(C)C)c(Cl)c2)ON1. The zero-order valence-corrected chi connectivity index (χ0v) is 16.7. The Bertz CT molecular complexity index is 914. The average molecular weight is 404 g/mol. The standard InChI is InChI=1S/C20H22ClN3O4/c1-12(2)27-20-16(21)9-15(10-22-20)18-11-24(23-28-18)17-6-4-14(8-13(17)3)5-7-19(25)26/h4,6,8-12,23H,5,7H2,1-3H3,(H,25,26). The molecule has 2 aromatic rings. The predicted molar refractivity (Wildman–Crippen MR) is 107 cm³/mol. The Kier molecular flexibility index (Phi) is 6.06. The molecule has 0 saturated heterocycles. The third-order valence-corrected chi connectivity index (χ3v) is 4.36. The molecule has 0 fully saturated rings. The third-order valence-electron chi connectivity index (χ3n) is 4.09. The summed E-state index contributed by atoms with van der Waals surface area (Å²) in [6.45, 7) is 5.78. The summed E-state index contributed by atoms with van der Waals surface area (Å²) in [5, 5.41) is 11.0. The number of benzene rings is 1. The lowest BCUT2D eigenvalue weighted by atomic mass is 10.1. The first-order chi connectivity index (χ1) is 13.3. The summed E-state index contributed by atoms with van der Waals surface area (Å²) in [7, 11) is 0. The highest BCUT2D eigenvalue weighted by molar-refractivity contribution is 6.32. The number of carboxylic acid groups (broad SMARTS) is 1. The Morgan fingerprint density at radius 3 is 2.82 bits per heavy atom. The number of nitrogens with one attached hydrogen (secondary N) is 1. The number of aliphatic carboxylic acids is 1. The molecular formula is C20H22ClN3O4. The number of carboxylic acids is 1. The van der Waals surface area contributed by atoms with E-state index >= 15 is 0 Å². The quantitative estimate of drug-likeness (QED) is 0.719. The number of hydrogen-bond acceptors (Lipinski definition) is 6. The van der Waals surface area contributed by atoms with Crippen LogP contribution in [0.2, 0.25) is 5.02 Å². The van der Waals surface area contributed by atoms with Gasteiger partial charge < -0.3 is 14.7 Å². The fraction of sp³-hybridized carbons (Fsp3) is 0.300. The van der Waals surface area contributed by atoms with Crippen LogP contribution >= 0.6 is 11.6 Å². The van der Waals surface area contributed by atoms with E-state index in [0.29, 0.717) is 28.6 Å². The largest absolute Gasteiger partial charge is 0.481 e. The van der Waals surface area contributed by atoms with Gasteiger partial charge in [0.2, 0.25) is 5.88 Å². The fourth-order valence-electron chi connectivity index (χ4n) is 2.79. The van der Waals surface area contributed by atoms with Gasteiger partial charge in [-0.3, -0.25) is 4.79 Å². The Hall–Kier alpha value is -2.77. The molecule has 0 aliphatic carbocycles. The van der Waals surface area contributed by atoms with Crippen molar-refractivity contribution in [3.8, 4) is 5.88 Å². The van der Waals surface area contributed by atoms with Crippen LogP contribution in [0.15, 0.2) is 36.7 Å². The van der Waals surface area contributed by atoms with E-state index in [1.807, 2.05) is 39.0 Å². The Labute approximate surface area is 168 Å². The van der Waals surface area contributed by atoms with Crippen molar-refractivity contribution in [2.45, 2.75) is 39.7 Å². The molecular weight excluding hydrogens is 382 g/mol. The Balaban J connectivity index is 1.76. The lowest BCUT2D eigenvalue weighted by Crippen LogP contribution is -2.27. The molecule has 0 amide bonds. The molecule has 0 unspecified atom stereocenters. The van der Waals surface area contributed by atoms with Gasteiger partial charge in [-0.15, -0.1) is 0 Å². The number of ether oxygens (including phenoxy) is 1. The highest BCUT2D eigenvalue weighted by atomic mass is 35.5. The molecule has 2 N–H and O–H groups in total. The van der Waals surface area contributed by atoms with Crippen molar-refractivity contribution < 1.29 is 19.5 Å². The van der Waals surface area contributed by atoms with Crippen LogP contribution in [0.5, 0.6) is 5.88 Å². The number of hydrazine groups is 1. The van der Waals surface area contributed by atoms with Crippen molar-refractivity contribution in [2.24, 2.45) is 0 Å². The first-order valence-electron chi connectivity index (χ1n) is 8.91. The molecule has 1 aliphatic heterocycles. The molecule has 0 radical (unpaired) electrons. The van der Waals surface area contributed by atoms with E-state index in [-0.39, 0.29) is 12.5 Å². The second-order valence-corrected chi connectivity index (χ2v) is 7.16. The number of rotatable bonds is 7. The van der Waals surface area contributed by atoms with Gasteiger partial charge in [-0.2, -0.15) is 0 Å². The van der Waals surface area contributed by atoms with Crippen molar-refractivity contribution in [2.75, 3.05) is 5.01 Å². The van der Waals surface area contributed by atoms with Crippen LogP contribution in [-0.2, 0) is 16.1 Å². The first-order valence-corrected chi connectivity index (χ1v) is 9.28. The maximum Gasteiger partial charge on any atom is 0.303 e. The zero-order valence-electron chi connectivity index (χ0n) is 15.9. The van der Waals surface area contributed by atoms with E-state index in [2.05, 4.69) is 10.6 Å². The molecule has 3 rings (SSSR count). The number of pyridine rings is 1. The fourth-order valence-corrected chi connectivity index (χ4v) is 3.00. The molecule has 148 valence electrons. The maximum atomic E-state index is 10.7. The molecule has 1 aromatic carbocycles. The summed E-state index contributed by atoms with van der Waals surface area (Å²) >= 11 is 6.25. The average Bonchev–Trinajstić information content (AvgIpc) is 3.11. The molecule has 0 spiro atoms. The van der Waals surface area contributed by atoms with Crippen LogP contribution < -0.4 is 15.3 Å². The van der Waals surface area contributed by atoms with Gasteiger partial charge in [0.25, 0.3) is 0 Å². The van der Waals surface area contributed by atoms with Crippen molar-refractivity contribution in [3.05, 3.63) is 58.4 Å². The summed E-state index contributed by atoms with van der Waals surface area (Å²) < 4.78 is 5.55. The number of anilines is 1. The monoisotopic (exact) mass is 403 g/mol. The van der Waals surface area contributed by atoms with E-state index in [0.717, 1.165) is 16.8 Å². The van der Waals surface area contributed by atoms with E-state index in [4.69, 9.17) is 26.3 Å². The number of hydrogen-bond donors (Lipinski definition) is 2. The van der Waals surface area contributed by atoms with Crippen molar-refractivity contribution in [1.82, 2.24) is 10.6 Å². The number of aryl methyl sites for hydroxylation is 2. The lowest BCUT2D eigenvalue weighted by Gasteiger charge is -2.17. The molecule has 1 aliphatic rings. The normalized spacial score (nSPS) is 13.5. The first kappa shape index (κ1) is 20.0. The predicted octanol–water partition coefficient (Wildman–Crippen LogP) is 4.10. The van der Waals surface area contributed by atoms with Crippen LogP contribution in [0.3, 0.4) is 0 Å². The molecule has 0 saturated carbocycles. The number of halogens is 1. The topological polar surface area (TPSA) is 83.9 Å². The van der Waals surface area contributed by atoms with Crippen LogP contribution in [0.1, 0.15) is 37.0 Å². The van der Waals surface area contributed by atoms with Crippen LogP contribution in [0.4, 0.5) is 5.69 Å². The summed E-state index contributed by atoms with van der Waals surface area (Å²) in [6.07, 6.45) is 4.03. The highest BCUT2D eigenvalue weighted by Gasteiger charge is 2.20. The van der Waals surface area contributed by atoms with Gasteiger partial charge in [-0.1, -0.05) is 29.3 Å². The number of aromatic nitrogens is 1.